The van der Waals surface area contributed by atoms with Crippen molar-refractivity contribution in [2.45, 2.75) is 26.2 Å². The van der Waals surface area contributed by atoms with Crippen LogP contribution >= 0.6 is 12.4 Å². The normalized spacial score (nSPS) is 10.7. The number of hydrogen-bond acceptors (Lipinski definition) is 2. The number of phenolic OH excluding ortho intramolecular Hbond substituents is 1. The van der Waals surface area contributed by atoms with Crippen molar-refractivity contribution in [3.8, 4) is 5.75 Å². The highest BCUT2D eigenvalue weighted by atomic mass is 35.5. The summed E-state index contributed by atoms with van der Waals surface area (Å²) in [5.41, 5.74) is 7.07. The van der Waals surface area contributed by atoms with E-state index in [0.29, 0.717) is 5.69 Å². The van der Waals surface area contributed by atoms with Crippen LogP contribution in [-0.4, -0.2) is 5.11 Å². The lowest BCUT2D eigenvalue weighted by atomic mass is 9.87. The van der Waals surface area contributed by atoms with E-state index in [1.807, 2.05) is 6.07 Å². The molecular weight excluding hydrogens is 186 g/mol. The highest BCUT2D eigenvalue weighted by Crippen LogP contribution is 2.28. The zero-order valence-corrected chi connectivity index (χ0v) is 8.98. The number of benzene rings is 1. The van der Waals surface area contributed by atoms with Gasteiger partial charge in [-0.15, -0.1) is 12.4 Å². The van der Waals surface area contributed by atoms with Crippen LogP contribution in [0.2, 0.25) is 0 Å². The standard InChI is InChI=1S/C10H15NO.ClH/c1-10(2,3)7-4-5-8(11)9(12)6-7;/h4-6,12H,11H2,1-3H3;1H. The summed E-state index contributed by atoms with van der Waals surface area (Å²) in [5, 5.41) is 9.34. The Kier molecular flexibility index (Phi) is 3.61. The van der Waals surface area contributed by atoms with Gasteiger partial charge in [-0.3, -0.25) is 0 Å². The van der Waals surface area contributed by atoms with Crippen LogP contribution in [0.25, 0.3) is 0 Å². The average molecular weight is 202 g/mol. The molecule has 0 aromatic heterocycles. The molecule has 0 radical (unpaired) electrons. The number of nitrogen functional groups attached to an aromatic ring is 1. The SMILES string of the molecule is CC(C)(C)c1ccc(N)c(O)c1.Cl. The molecule has 0 heterocycles. The molecule has 2 nitrogen and oxygen atoms in total. The Morgan fingerprint density at radius 3 is 2.15 bits per heavy atom. The van der Waals surface area contributed by atoms with E-state index in [0.717, 1.165) is 5.56 Å². The highest BCUT2D eigenvalue weighted by Gasteiger charge is 2.14. The summed E-state index contributed by atoms with van der Waals surface area (Å²) in [6.45, 7) is 6.29. The topological polar surface area (TPSA) is 46.2 Å². The van der Waals surface area contributed by atoms with Gasteiger partial charge in [0.15, 0.2) is 0 Å². The van der Waals surface area contributed by atoms with Crippen molar-refractivity contribution in [1.29, 1.82) is 0 Å². The monoisotopic (exact) mass is 201 g/mol. The minimum atomic E-state index is 0. The Labute approximate surface area is 85.2 Å². The molecule has 0 saturated carbocycles. The summed E-state index contributed by atoms with van der Waals surface area (Å²) in [7, 11) is 0. The van der Waals surface area contributed by atoms with Gasteiger partial charge in [-0.05, 0) is 23.1 Å². The van der Waals surface area contributed by atoms with E-state index in [9.17, 15) is 5.11 Å². The number of phenols is 1. The lowest BCUT2D eigenvalue weighted by molar-refractivity contribution is 0.473. The largest absolute Gasteiger partial charge is 0.506 e. The number of rotatable bonds is 0. The maximum Gasteiger partial charge on any atom is 0.138 e. The molecule has 0 atom stereocenters. The molecule has 0 aliphatic carbocycles. The maximum atomic E-state index is 9.34. The molecular formula is C10H16ClNO. The van der Waals surface area contributed by atoms with E-state index in [-0.39, 0.29) is 23.6 Å². The van der Waals surface area contributed by atoms with E-state index < -0.39 is 0 Å². The van der Waals surface area contributed by atoms with E-state index >= 15 is 0 Å². The van der Waals surface area contributed by atoms with Crippen LogP contribution in [0.15, 0.2) is 18.2 Å². The van der Waals surface area contributed by atoms with E-state index in [1.54, 1.807) is 12.1 Å². The Morgan fingerprint density at radius 1 is 1.23 bits per heavy atom. The third kappa shape index (κ3) is 2.81. The molecule has 3 heteroatoms. The number of nitrogens with two attached hydrogens (primary N) is 1. The fourth-order valence-electron chi connectivity index (χ4n) is 1.01. The van der Waals surface area contributed by atoms with Gasteiger partial charge in [-0.25, -0.2) is 0 Å². The van der Waals surface area contributed by atoms with E-state index in [2.05, 4.69) is 20.8 Å². The second kappa shape index (κ2) is 3.88. The Bertz CT molecular complexity index is 291. The molecule has 0 saturated heterocycles. The third-order valence-electron chi connectivity index (χ3n) is 1.90. The quantitative estimate of drug-likeness (QED) is 0.501. The molecule has 0 spiro atoms. The van der Waals surface area contributed by atoms with Gasteiger partial charge in [-0.1, -0.05) is 26.8 Å². The van der Waals surface area contributed by atoms with Gasteiger partial charge in [0.25, 0.3) is 0 Å². The van der Waals surface area contributed by atoms with Crippen LogP contribution in [0.4, 0.5) is 5.69 Å². The predicted molar refractivity (Wildman–Crippen MR) is 58.5 cm³/mol. The summed E-state index contributed by atoms with van der Waals surface area (Å²) in [6, 6.07) is 5.39. The first-order chi connectivity index (χ1) is 5.41. The van der Waals surface area contributed by atoms with Crippen LogP contribution in [0.3, 0.4) is 0 Å². The van der Waals surface area contributed by atoms with Gasteiger partial charge in [0.2, 0.25) is 0 Å². The molecule has 0 amide bonds. The zero-order valence-electron chi connectivity index (χ0n) is 8.16. The Balaban J connectivity index is 0.00000144. The van der Waals surface area contributed by atoms with Crippen molar-refractivity contribution in [2.75, 3.05) is 5.73 Å². The van der Waals surface area contributed by atoms with Gasteiger partial charge in [0.05, 0.1) is 5.69 Å². The first-order valence-electron chi connectivity index (χ1n) is 4.00. The molecule has 0 unspecified atom stereocenters. The first-order valence-corrected chi connectivity index (χ1v) is 4.00. The van der Waals surface area contributed by atoms with Crippen molar-refractivity contribution >= 4 is 18.1 Å². The van der Waals surface area contributed by atoms with Crippen molar-refractivity contribution in [1.82, 2.24) is 0 Å². The molecule has 0 fully saturated rings. The van der Waals surface area contributed by atoms with Crippen LogP contribution in [0.1, 0.15) is 26.3 Å². The fraction of sp³-hybridized carbons (Fsp3) is 0.400. The minimum absolute atomic E-state index is 0. The molecule has 1 aromatic rings. The summed E-state index contributed by atoms with van der Waals surface area (Å²) in [5.74, 6) is 0.169. The van der Waals surface area contributed by atoms with Crippen LogP contribution in [-0.2, 0) is 5.41 Å². The van der Waals surface area contributed by atoms with E-state index in [4.69, 9.17) is 5.73 Å². The van der Waals surface area contributed by atoms with Gasteiger partial charge in [0, 0.05) is 0 Å². The third-order valence-corrected chi connectivity index (χ3v) is 1.90. The van der Waals surface area contributed by atoms with Crippen molar-refractivity contribution in [2.24, 2.45) is 0 Å². The molecule has 1 rings (SSSR count). The maximum absolute atomic E-state index is 9.34. The second-order valence-corrected chi connectivity index (χ2v) is 4.02. The van der Waals surface area contributed by atoms with Crippen molar-refractivity contribution < 1.29 is 5.11 Å². The van der Waals surface area contributed by atoms with Gasteiger partial charge < -0.3 is 10.8 Å². The smallest absolute Gasteiger partial charge is 0.138 e. The fourth-order valence-corrected chi connectivity index (χ4v) is 1.01. The summed E-state index contributed by atoms with van der Waals surface area (Å²) >= 11 is 0. The molecule has 13 heavy (non-hydrogen) atoms. The lowest BCUT2D eigenvalue weighted by Crippen LogP contribution is -2.10. The second-order valence-electron chi connectivity index (χ2n) is 4.02. The van der Waals surface area contributed by atoms with Crippen molar-refractivity contribution in [3.05, 3.63) is 23.8 Å². The Hall–Kier alpha value is -0.890. The summed E-state index contributed by atoms with van der Waals surface area (Å²) < 4.78 is 0. The summed E-state index contributed by atoms with van der Waals surface area (Å²) in [4.78, 5) is 0. The van der Waals surface area contributed by atoms with Crippen LogP contribution in [0.5, 0.6) is 5.75 Å². The molecule has 74 valence electrons. The molecule has 3 N–H and O–H groups in total. The van der Waals surface area contributed by atoms with Gasteiger partial charge in [-0.2, -0.15) is 0 Å². The average Bonchev–Trinajstić information content (AvgIpc) is 1.92. The van der Waals surface area contributed by atoms with Crippen LogP contribution in [0, 0.1) is 0 Å². The zero-order chi connectivity index (χ0) is 9.35. The number of anilines is 1. The van der Waals surface area contributed by atoms with Gasteiger partial charge >= 0.3 is 0 Å². The minimum Gasteiger partial charge on any atom is -0.506 e. The lowest BCUT2D eigenvalue weighted by Gasteiger charge is -2.19. The van der Waals surface area contributed by atoms with E-state index in [1.165, 1.54) is 0 Å². The number of halogens is 1. The Morgan fingerprint density at radius 2 is 1.77 bits per heavy atom. The molecule has 0 aliphatic heterocycles. The van der Waals surface area contributed by atoms with Gasteiger partial charge in [0.1, 0.15) is 5.75 Å². The van der Waals surface area contributed by atoms with Crippen LogP contribution < -0.4 is 5.73 Å². The first kappa shape index (κ1) is 12.1. The highest BCUT2D eigenvalue weighted by molar-refractivity contribution is 5.85. The predicted octanol–water partition coefficient (Wildman–Crippen LogP) is 2.69. The number of aromatic hydroxyl groups is 1. The molecule has 0 bridgehead atoms. The molecule has 1 aromatic carbocycles. The summed E-state index contributed by atoms with van der Waals surface area (Å²) in [6.07, 6.45) is 0. The number of hydrogen-bond donors (Lipinski definition) is 2. The van der Waals surface area contributed by atoms with Crippen molar-refractivity contribution in [3.63, 3.8) is 0 Å². The molecule has 0 aliphatic rings.